The SMILES string of the molecule is COCCNC(CO)c1cccc(C)c1. The van der Waals surface area contributed by atoms with Crippen LogP contribution in [0.25, 0.3) is 0 Å². The van der Waals surface area contributed by atoms with Gasteiger partial charge in [0.15, 0.2) is 0 Å². The van der Waals surface area contributed by atoms with Gasteiger partial charge in [-0.1, -0.05) is 29.8 Å². The van der Waals surface area contributed by atoms with E-state index in [0.717, 1.165) is 12.1 Å². The third kappa shape index (κ3) is 4.00. The van der Waals surface area contributed by atoms with Crippen LogP contribution in [-0.4, -0.2) is 32.0 Å². The van der Waals surface area contributed by atoms with Crippen molar-refractivity contribution in [2.45, 2.75) is 13.0 Å². The summed E-state index contributed by atoms with van der Waals surface area (Å²) in [6.07, 6.45) is 0. The zero-order valence-corrected chi connectivity index (χ0v) is 9.36. The predicted octanol–water partition coefficient (Wildman–Crippen LogP) is 1.26. The summed E-state index contributed by atoms with van der Waals surface area (Å²) in [5.74, 6) is 0. The van der Waals surface area contributed by atoms with Gasteiger partial charge >= 0.3 is 0 Å². The van der Waals surface area contributed by atoms with Gasteiger partial charge in [-0.05, 0) is 12.5 Å². The molecule has 15 heavy (non-hydrogen) atoms. The second-order valence-corrected chi connectivity index (χ2v) is 3.60. The van der Waals surface area contributed by atoms with Crippen molar-refractivity contribution in [3.63, 3.8) is 0 Å². The molecule has 0 saturated heterocycles. The normalized spacial score (nSPS) is 12.7. The summed E-state index contributed by atoms with van der Waals surface area (Å²) in [5.41, 5.74) is 2.33. The van der Waals surface area contributed by atoms with Crippen LogP contribution in [-0.2, 0) is 4.74 Å². The number of rotatable bonds is 6. The molecule has 0 aliphatic heterocycles. The van der Waals surface area contributed by atoms with Crippen LogP contribution < -0.4 is 5.32 Å². The first-order valence-electron chi connectivity index (χ1n) is 5.17. The third-order valence-electron chi connectivity index (χ3n) is 2.32. The van der Waals surface area contributed by atoms with Crippen molar-refractivity contribution in [1.82, 2.24) is 5.32 Å². The summed E-state index contributed by atoms with van der Waals surface area (Å²) < 4.78 is 4.95. The molecule has 0 saturated carbocycles. The minimum Gasteiger partial charge on any atom is -0.394 e. The third-order valence-corrected chi connectivity index (χ3v) is 2.32. The van der Waals surface area contributed by atoms with Crippen LogP contribution >= 0.6 is 0 Å². The van der Waals surface area contributed by atoms with Crippen molar-refractivity contribution >= 4 is 0 Å². The van der Waals surface area contributed by atoms with Gasteiger partial charge in [0.05, 0.1) is 19.3 Å². The number of aliphatic hydroxyl groups excluding tert-OH is 1. The quantitative estimate of drug-likeness (QED) is 0.693. The molecule has 0 heterocycles. The molecule has 0 aliphatic rings. The van der Waals surface area contributed by atoms with Gasteiger partial charge in [0, 0.05) is 13.7 Å². The average molecular weight is 209 g/mol. The Labute approximate surface area is 91.1 Å². The van der Waals surface area contributed by atoms with E-state index < -0.39 is 0 Å². The molecule has 3 nitrogen and oxygen atoms in total. The zero-order chi connectivity index (χ0) is 11.1. The van der Waals surface area contributed by atoms with E-state index in [1.165, 1.54) is 5.56 Å². The first-order valence-corrected chi connectivity index (χ1v) is 5.17. The number of benzene rings is 1. The Hall–Kier alpha value is -0.900. The fraction of sp³-hybridized carbons (Fsp3) is 0.500. The highest BCUT2D eigenvalue weighted by Gasteiger charge is 2.08. The highest BCUT2D eigenvalue weighted by atomic mass is 16.5. The van der Waals surface area contributed by atoms with Gasteiger partial charge in [0.1, 0.15) is 0 Å². The molecule has 3 heteroatoms. The van der Waals surface area contributed by atoms with Crippen LogP contribution in [0, 0.1) is 6.92 Å². The van der Waals surface area contributed by atoms with E-state index in [9.17, 15) is 5.11 Å². The van der Waals surface area contributed by atoms with Gasteiger partial charge in [0.2, 0.25) is 0 Å². The molecule has 0 aromatic heterocycles. The molecule has 0 aliphatic carbocycles. The summed E-state index contributed by atoms with van der Waals surface area (Å²) in [5, 5.41) is 12.5. The van der Waals surface area contributed by atoms with Crippen molar-refractivity contribution in [2.24, 2.45) is 0 Å². The van der Waals surface area contributed by atoms with Gasteiger partial charge in [-0.3, -0.25) is 0 Å². The monoisotopic (exact) mass is 209 g/mol. The standard InChI is InChI=1S/C12H19NO2/c1-10-4-3-5-11(8-10)12(9-14)13-6-7-15-2/h3-5,8,12-14H,6-7,9H2,1-2H3. The Kier molecular flexibility index (Phi) is 5.32. The summed E-state index contributed by atoms with van der Waals surface area (Å²) in [6, 6.07) is 8.16. The Morgan fingerprint density at radius 1 is 1.47 bits per heavy atom. The smallest absolute Gasteiger partial charge is 0.0626 e. The van der Waals surface area contributed by atoms with E-state index >= 15 is 0 Å². The van der Waals surface area contributed by atoms with Crippen molar-refractivity contribution in [3.05, 3.63) is 35.4 Å². The molecule has 1 aromatic rings. The van der Waals surface area contributed by atoms with Crippen LogP contribution in [0.1, 0.15) is 17.2 Å². The number of ether oxygens (including phenoxy) is 1. The number of hydrogen-bond donors (Lipinski definition) is 2. The lowest BCUT2D eigenvalue weighted by molar-refractivity contribution is 0.184. The van der Waals surface area contributed by atoms with Crippen molar-refractivity contribution in [1.29, 1.82) is 0 Å². The Morgan fingerprint density at radius 3 is 2.87 bits per heavy atom. The Morgan fingerprint density at radius 2 is 2.27 bits per heavy atom. The fourth-order valence-corrected chi connectivity index (χ4v) is 1.51. The molecule has 1 unspecified atom stereocenters. The molecule has 0 bridgehead atoms. The molecule has 84 valence electrons. The Bertz CT molecular complexity index is 289. The van der Waals surface area contributed by atoms with Gasteiger partial charge in [0.25, 0.3) is 0 Å². The van der Waals surface area contributed by atoms with Crippen molar-refractivity contribution in [3.8, 4) is 0 Å². The second-order valence-electron chi connectivity index (χ2n) is 3.60. The van der Waals surface area contributed by atoms with Crippen LogP contribution in [0.5, 0.6) is 0 Å². The molecule has 2 N–H and O–H groups in total. The first kappa shape index (κ1) is 12.2. The predicted molar refractivity (Wildman–Crippen MR) is 60.9 cm³/mol. The summed E-state index contributed by atoms with van der Waals surface area (Å²) in [4.78, 5) is 0. The topological polar surface area (TPSA) is 41.5 Å². The molecule has 0 fully saturated rings. The molecule has 1 aromatic carbocycles. The number of aryl methyl sites for hydroxylation is 1. The summed E-state index contributed by atoms with van der Waals surface area (Å²) in [7, 11) is 1.67. The van der Waals surface area contributed by atoms with Crippen LogP contribution in [0.2, 0.25) is 0 Å². The van der Waals surface area contributed by atoms with Crippen molar-refractivity contribution in [2.75, 3.05) is 26.9 Å². The largest absolute Gasteiger partial charge is 0.394 e. The van der Waals surface area contributed by atoms with Crippen molar-refractivity contribution < 1.29 is 9.84 Å². The van der Waals surface area contributed by atoms with E-state index in [2.05, 4.69) is 11.4 Å². The molecule has 0 radical (unpaired) electrons. The lowest BCUT2D eigenvalue weighted by Gasteiger charge is -2.16. The highest BCUT2D eigenvalue weighted by Crippen LogP contribution is 2.13. The van der Waals surface area contributed by atoms with E-state index in [1.54, 1.807) is 7.11 Å². The molecular formula is C12H19NO2. The van der Waals surface area contributed by atoms with Gasteiger partial charge in [-0.25, -0.2) is 0 Å². The van der Waals surface area contributed by atoms with E-state index in [4.69, 9.17) is 4.74 Å². The maximum absolute atomic E-state index is 9.27. The maximum Gasteiger partial charge on any atom is 0.0626 e. The van der Waals surface area contributed by atoms with Crippen LogP contribution in [0.15, 0.2) is 24.3 Å². The molecule has 1 rings (SSSR count). The van der Waals surface area contributed by atoms with Gasteiger partial charge in [-0.2, -0.15) is 0 Å². The number of methoxy groups -OCH3 is 1. The summed E-state index contributed by atoms with van der Waals surface area (Å²) in [6.45, 7) is 3.55. The molecule has 1 atom stereocenters. The van der Waals surface area contributed by atoms with E-state index in [-0.39, 0.29) is 12.6 Å². The lowest BCUT2D eigenvalue weighted by atomic mass is 10.1. The number of aliphatic hydroxyl groups is 1. The minimum atomic E-state index is 0.0000463. The summed E-state index contributed by atoms with van der Waals surface area (Å²) >= 11 is 0. The molecule has 0 amide bonds. The first-order chi connectivity index (χ1) is 7.27. The van der Waals surface area contributed by atoms with Crippen LogP contribution in [0.4, 0.5) is 0 Å². The number of hydrogen-bond acceptors (Lipinski definition) is 3. The van der Waals surface area contributed by atoms with Gasteiger partial charge < -0.3 is 15.2 Å². The highest BCUT2D eigenvalue weighted by molar-refractivity contribution is 5.25. The van der Waals surface area contributed by atoms with Gasteiger partial charge in [-0.15, -0.1) is 0 Å². The fourth-order valence-electron chi connectivity index (χ4n) is 1.51. The van der Waals surface area contributed by atoms with E-state index in [1.807, 2.05) is 25.1 Å². The lowest BCUT2D eigenvalue weighted by Crippen LogP contribution is -2.27. The zero-order valence-electron chi connectivity index (χ0n) is 9.36. The maximum atomic E-state index is 9.27. The number of nitrogens with one attached hydrogen (secondary N) is 1. The molecular weight excluding hydrogens is 190 g/mol. The van der Waals surface area contributed by atoms with E-state index in [0.29, 0.717) is 6.61 Å². The average Bonchev–Trinajstić information content (AvgIpc) is 2.24. The Balaban J connectivity index is 2.57. The van der Waals surface area contributed by atoms with Crippen LogP contribution in [0.3, 0.4) is 0 Å². The second kappa shape index (κ2) is 6.56. The minimum absolute atomic E-state index is 0.0000463. The molecule has 0 spiro atoms.